The fourth-order valence-corrected chi connectivity index (χ4v) is 7.84. The molecule has 0 bridgehead atoms. The predicted octanol–water partition coefficient (Wildman–Crippen LogP) is -0.275. The molecule has 4 aliphatic rings. The van der Waals surface area contributed by atoms with Crippen LogP contribution >= 0.6 is 14.2 Å². The van der Waals surface area contributed by atoms with Crippen molar-refractivity contribution in [3.63, 3.8) is 0 Å². The predicted molar refractivity (Wildman–Crippen MR) is 149 cm³/mol. The quantitative estimate of drug-likeness (QED) is 0.235. The van der Waals surface area contributed by atoms with Crippen LogP contribution < -0.4 is 5.73 Å². The molecule has 7 rings (SSSR count). The second-order valence-electron chi connectivity index (χ2n) is 10.2. The summed E-state index contributed by atoms with van der Waals surface area (Å²) in [6.07, 6.45) is -6.82. The minimum atomic E-state index is -4.54. The smallest absolute Gasteiger partial charge is 0.325 e. The first-order valence-electron chi connectivity index (χ1n) is 13.0. The Kier molecular flexibility index (Phi) is 7.57. The number of nitrogens with zero attached hydrogens (tertiary/aromatic N) is 7. The van der Waals surface area contributed by atoms with Crippen molar-refractivity contribution in [1.82, 2.24) is 29.1 Å². The number of ether oxygens (including phenoxy) is 2. The Morgan fingerprint density at radius 1 is 1.05 bits per heavy atom. The Morgan fingerprint density at radius 2 is 1.77 bits per heavy atom. The monoisotopic (exact) mass is 670 g/mol. The summed E-state index contributed by atoms with van der Waals surface area (Å²) in [6.45, 7) is -5.49. The van der Waals surface area contributed by atoms with Crippen molar-refractivity contribution in [2.45, 2.75) is 49.1 Å². The van der Waals surface area contributed by atoms with E-state index in [9.17, 15) is 19.4 Å². The number of halogens is 1. The largest absolute Gasteiger partial charge is 0.386 e. The molecule has 18 nitrogen and oxygen atoms in total. The number of alkyl halides is 1. The molecule has 2 radical (unpaired) electrons. The highest BCUT2D eigenvalue weighted by atomic mass is 32.5. The molecule has 0 saturated carbocycles. The average molecular weight is 670 g/mol. The third-order valence-corrected chi connectivity index (χ3v) is 10.0. The lowest BCUT2D eigenvalue weighted by atomic mass is 10.1. The minimum absolute atomic E-state index is 0.0537. The minimum Gasteiger partial charge on any atom is -0.386 e. The molecule has 4 aliphatic heterocycles. The second kappa shape index (κ2) is 11.1. The number of anilines is 1. The van der Waals surface area contributed by atoms with Crippen molar-refractivity contribution in [2.75, 3.05) is 25.5 Å². The Labute approximate surface area is 252 Å². The number of carbonyl (C=O) groups is 1. The Morgan fingerprint density at radius 3 is 2.59 bits per heavy atom. The van der Waals surface area contributed by atoms with Crippen LogP contribution in [0.4, 0.5) is 10.2 Å². The topological polar surface area (TPSA) is 230 Å². The maximum absolute atomic E-state index is 15.9. The summed E-state index contributed by atoms with van der Waals surface area (Å²) >= 11 is 5.19. The highest BCUT2D eigenvalue weighted by Gasteiger charge is 2.53. The number of nitrogens with two attached hydrogens (primary N) is 1. The zero-order valence-electron chi connectivity index (χ0n) is 22.2. The maximum atomic E-state index is 15.9. The van der Waals surface area contributed by atoms with E-state index >= 15 is 4.39 Å². The van der Waals surface area contributed by atoms with E-state index in [1.54, 1.807) is 0 Å². The van der Waals surface area contributed by atoms with Crippen LogP contribution in [0.3, 0.4) is 0 Å². The van der Waals surface area contributed by atoms with Crippen LogP contribution in [-0.4, -0.2) is 115 Å². The number of aliphatic hydroxyl groups is 1. The molecular weight excluding hydrogens is 648 g/mol. The summed E-state index contributed by atoms with van der Waals surface area (Å²) < 4.78 is 65.5. The molecule has 0 aromatic carbocycles. The van der Waals surface area contributed by atoms with Crippen molar-refractivity contribution >= 4 is 62.5 Å². The van der Waals surface area contributed by atoms with Crippen LogP contribution in [0.25, 0.3) is 11.2 Å². The maximum Gasteiger partial charge on any atom is 0.325 e. The van der Waals surface area contributed by atoms with Crippen LogP contribution in [0.15, 0.2) is 24.0 Å². The van der Waals surface area contributed by atoms with Crippen LogP contribution in [0.5, 0.6) is 0 Å². The number of ketones is 1. The molecular formula is C21H22BFN8O10P2S. The number of aliphatic imine (C=N–C) groups is 1. The number of imidazole rings is 2. The average Bonchev–Trinajstić information content (AvgIpc) is 3.73. The molecule has 3 fully saturated rings. The number of hydrogen-bond acceptors (Lipinski definition) is 16. The number of Topliss-reactive ketones (excluding diaryl/α,β-unsaturated/α-hetero) is 1. The van der Waals surface area contributed by atoms with E-state index in [4.69, 9.17) is 52.7 Å². The van der Waals surface area contributed by atoms with Gasteiger partial charge in [0.15, 0.2) is 30.1 Å². The molecule has 3 saturated heterocycles. The molecule has 10 atom stereocenters. The lowest BCUT2D eigenvalue weighted by molar-refractivity contribution is -0.0580. The summed E-state index contributed by atoms with van der Waals surface area (Å²) in [4.78, 5) is 43.2. The normalized spacial score (nSPS) is 39.4. The van der Waals surface area contributed by atoms with Gasteiger partial charge in [0.1, 0.15) is 54.6 Å². The van der Waals surface area contributed by atoms with Gasteiger partial charge in [-0.25, -0.2) is 24.3 Å². The van der Waals surface area contributed by atoms with Crippen molar-refractivity contribution in [3.05, 3.63) is 30.4 Å². The second-order valence-corrected chi connectivity index (χ2v) is 14.5. The van der Waals surface area contributed by atoms with E-state index in [0.717, 1.165) is 6.33 Å². The summed E-state index contributed by atoms with van der Waals surface area (Å²) in [6, 6.07) is 0. The first kappa shape index (κ1) is 30.1. The third kappa shape index (κ3) is 5.25. The summed E-state index contributed by atoms with van der Waals surface area (Å²) in [5.41, 5.74) is 6.57. The number of carbonyl (C=O) groups excluding carboxylic acids is 1. The van der Waals surface area contributed by atoms with Gasteiger partial charge in [0.2, 0.25) is 13.3 Å². The molecule has 23 heteroatoms. The third-order valence-electron chi connectivity index (χ3n) is 7.40. The first-order valence-corrected chi connectivity index (χ1v) is 17.2. The molecule has 44 heavy (non-hydrogen) atoms. The lowest BCUT2D eigenvalue weighted by Crippen LogP contribution is -2.38. The van der Waals surface area contributed by atoms with Gasteiger partial charge in [0.05, 0.1) is 31.6 Å². The molecule has 0 spiro atoms. The van der Waals surface area contributed by atoms with E-state index in [0.29, 0.717) is 0 Å². The molecule has 3 aromatic rings. The van der Waals surface area contributed by atoms with Crippen molar-refractivity contribution in [3.8, 4) is 0 Å². The Bertz CT molecular complexity index is 1760. The summed E-state index contributed by atoms with van der Waals surface area (Å²) in [7, 11) is 1.32. The SMILES string of the molecule is [B]P1(=O)OC[C@H]2O[C@@H](n3cnc4c3C=NCC4=O)[C@@H](O)C2OP(O)(=S)OC[C@H]2O[C@@H](n3cnc4c(N)ncnc43)C(F)[C@H]2O1. The first-order chi connectivity index (χ1) is 20.9. The fourth-order valence-electron chi connectivity index (χ4n) is 5.38. The van der Waals surface area contributed by atoms with Crippen molar-refractivity contribution in [1.29, 1.82) is 0 Å². The van der Waals surface area contributed by atoms with E-state index in [1.165, 1.54) is 28.0 Å². The molecule has 0 aliphatic carbocycles. The van der Waals surface area contributed by atoms with Crippen molar-refractivity contribution in [2.24, 2.45) is 4.99 Å². The van der Waals surface area contributed by atoms with Gasteiger partial charge in [-0.05, 0) is 11.8 Å². The van der Waals surface area contributed by atoms with E-state index < -0.39 is 76.6 Å². The summed E-state index contributed by atoms with van der Waals surface area (Å²) in [5, 5.41) is 11.2. The number of rotatable bonds is 2. The zero-order valence-corrected chi connectivity index (χ0v) is 24.8. The standard InChI is InChI=1S/C21H22BFN8O10P2S/c22-42(34)36-3-11-17(15(33)21(39-11)30-6-28-13-8(30)1-25-2-9(13)32)41-43(35,44)37-4-10-16(40-42)12(23)20(38-10)31-7-29-14-18(24)26-5-27-19(14)31/h1,5-7,10-12,15-17,20-21,33H,2-4H2,(H,35,44)(H2,24,26,27)/t10-,11-,12?,15+,16+,17?,20-,21-,42?,43?/m1/s1. The van der Waals surface area contributed by atoms with Gasteiger partial charge in [-0.1, -0.05) is 0 Å². The van der Waals surface area contributed by atoms with Crippen LogP contribution in [-0.2, 0) is 43.9 Å². The highest BCUT2D eigenvalue weighted by Crippen LogP contribution is 2.54. The van der Waals surface area contributed by atoms with Gasteiger partial charge in [-0.3, -0.25) is 28.0 Å². The number of aromatic nitrogens is 6. The lowest BCUT2D eigenvalue weighted by Gasteiger charge is -2.30. The summed E-state index contributed by atoms with van der Waals surface area (Å²) in [5.74, 6) is -0.280. The van der Waals surface area contributed by atoms with Crippen molar-refractivity contribution < 1.29 is 51.3 Å². The molecule has 0 amide bonds. The van der Waals surface area contributed by atoms with E-state index in [1.807, 2.05) is 0 Å². The van der Waals surface area contributed by atoms with E-state index in [-0.39, 0.29) is 40.7 Å². The highest BCUT2D eigenvalue weighted by molar-refractivity contribution is 8.07. The number of aliphatic hydroxyl groups excluding tert-OH is 1. The molecule has 7 heterocycles. The number of hydrogen-bond donors (Lipinski definition) is 3. The van der Waals surface area contributed by atoms with Gasteiger partial charge in [0, 0.05) is 6.21 Å². The van der Waals surface area contributed by atoms with Gasteiger partial charge >= 0.3 is 6.72 Å². The Balaban J connectivity index is 1.16. The van der Waals surface area contributed by atoms with Gasteiger partial charge in [-0.2, -0.15) is 0 Å². The zero-order chi connectivity index (χ0) is 31.0. The van der Waals surface area contributed by atoms with Crippen LogP contribution in [0.2, 0.25) is 0 Å². The van der Waals surface area contributed by atoms with Gasteiger partial charge < -0.3 is 38.8 Å². The van der Waals surface area contributed by atoms with Gasteiger partial charge in [-0.15, -0.1) is 0 Å². The molecule has 4 N–H and O–H groups in total. The number of fused-ring (bicyclic) bond motifs is 4. The molecule has 232 valence electrons. The molecule has 4 unspecified atom stereocenters. The fraction of sp³-hybridized carbons (Fsp3) is 0.524. The van der Waals surface area contributed by atoms with E-state index in [2.05, 4.69) is 24.9 Å². The molecule has 3 aromatic heterocycles. The number of nitrogen functional groups attached to an aromatic ring is 1. The van der Waals surface area contributed by atoms with Crippen LogP contribution in [0, 0.1) is 0 Å². The van der Waals surface area contributed by atoms with Gasteiger partial charge in [0.25, 0.3) is 7.47 Å². The Hall–Kier alpha value is -2.55. The van der Waals surface area contributed by atoms with Crippen LogP contribution in [0.1, 0.15) is 28.6 Å².